The summed E-state index contributed by atoms with van der Waals surface area (Å²) in [4.78, 5) is 34.6. The van der Waals surface area contributed by atoms with Crippen molar-refractivity contribution in [2.45, 2.75) is 46.6 Å². The smallest absolute Gasteiger partial charge is 0.266 e. The van der Waals surface area contributed by atoms with Gasteiger partial charge >= 0.3 is 0 Å². The Kier molecular flexibility index (Phi) is 7.90. The molecule has 186 valence electrons. The number of aromatic nitrogens is 2. The zero-order valence-electron chi connectivity index (χ0n) is 21.2. The van der Waals surface area contributed by atoms with Crippen molar-refractivity contribution in [2.24, 2.45) is 5.92 Å². The number of nitrogens with zero attached hydrogens (tertiary/aromatic N) is 3. The van der Waals surface area contributed by atoms with Gasteiger partial charge in [-0.25, -0.2) is 4.98 Å². The van der Waals surface area contributed by atoms with Gasteiger partial charge in [0.05, 0.1) is 33.2 Å². The minimum absolute atomic E-state index is 0.145. The highest BCUT2D eigenvalue weighted by Crippen LogP contribution is 2.30. The fourth-order valence-corrected chi connectivity index (χ4v) is 4.80. The molecule has 1 amide bonds. The van der Waals surface area contributed by atoms with E-state index >= 15 is 0 Å². The molecule has 36 heavy (non-hydrogen) atoms. The van der Waals surface area contributed by atoms with Crippen LogP contribution < -0.4 is 5.56 Å². The van der Waals surface area contributed by atoms with Crippen molar-refractivity contribution in [2.75, 3.05) is 6.54 Å². The summed E-state index contributed by atoms with van der Waals surface area (Å²) in [5.41, 5.74) is 2.84. The van der Waals surface area contributed by atoms with Gasteiger partial charge in [-0.1, -0.05) is 75.7 Å². The average Bonchev–Trinajstić information content (AvgIpc) is 2.88. The van der Waals surface area contributed by atoms with E-state index in [2.05, 4.69) is 20.8 Å². The Morgan fingerprint density at radius 3 is 2.28 bits per heavy atom. The van der Waals surface area contributed by atoms with Gasteiger partial charge in [0.1, 0.15) is 5.82 Å². The molecule has 1 unspecified atom stereocenters. The zero-order chi connectivity index (χ0) is 25.8. The van der Waals surface area contributed by atoms with Crippen LogP contribution in [-0.2, 0) is 6.42 Å². The molecule has 0 spiro atoms. The van der Waals surface area contributed by atoms with E-state index in [9.17, 15) is 9.59 Å². The van der Waals surface area contributed by atoms with Crippen molar-refractivity contribution in [1.82, 2.24) is 14.5 Å². The van der Waals surface area contributed by atoms with Crippen molar-refractivity contribution in [3.05, 3.63) is 105 Å². The van der Waals surface area contributed by atoms with Gasteiger partial charge in [0.15, 0.2) is 0 Å². The van der Waals surface area contributed by atoms with E-state index in [0.29, 0.717) is 40.3 Å². The maximum atomic E-state index is 13.9. The maximum Gasteiger partial charge on any atom is 0.266 e. The lowest BCUT2D eigenvalue weighted by molar-refractivity contribution is 0.0631. The highest BCUT2D eigenvalue weighted by molar-refractivity contribution is 6.33. The second kappa shape index (κ2) is 11.1. The van der Waals surface area contributed by atoms with E-state index in [1.54, 1.807) is 22.8 Å². The number of carbonyl (C=O) groups excluding carboxylic acids is 1. The second-order valence-electron chi connectivity index (χ2n) is 9.40. The fourth-order valence-electron chi connectivity index (χ4n) is 4.58. The lowest BCUT2D eigenvalue weighted by Crippen LogP contribution is -2.40. The first kappa shape index (κ1) is 25.6. The molecule has 3 aromatic carbocycles. The Hall–Kier alpha value is -3.44. The number of carbonyl (C=O) groups is 1. The van der Waals surface area contributed by atoms with E-state index in [0.717, 1.165) is 12.1 Å². The number of hydrogen-bond donors (Lipinski definition) is 0. The molecule has 1 atom stereocenters. The van der Waals surface area contributed by atoms with Crippen LogP contribution in [0.2, 0.25) is 5.02 Å². The van der Waals surface area contributed by atoms with Crippen LogP contribution in [0.3, 0.4) is 0 Å². The van der Waals surface area contributed by atoms with Gasteiger partial charge in [0.25, 0.3) is 11.5 Å². The van der Waals surface area contributed by atoms with Gasteiger partial charge < -0.3 is 4.90 Å². The summed E-state index contributed by atoms with van der Waals surface area (Å²) >= 11 is 6.43. The summed E-state index contributed by atoms with van der Waals surface area (Å²) < 4.78 is 1.67. The van der Waals surface area contributed by atoms with Crippen molar-refractivity contribution in [3.63, 3.8) is 0 Å². The predicted molar refractivity (Wildman–Crippen MR) is 147 cm³/mol. The second-order valence-corrected chi connectivity index (χ2v) is 9.81. The molecule has 5 nitrogen and oxygen atoms in total. The molecular weight excluding hydrogens is 470 g/mol. The topological polar surface area (TPSA) is 55.2 Å². The molecule has 1 heterocycles. The monoisotopic (exact) mass is 501 g/mol. The quantitative estimate of drug-likeness (QED) is 0.265. The third-order valence-electron chi connectivity index (χ3n) is 6.39. The van der Waals surface area contributed by atoms with Crippen molar-refractivity contribution < 1.29 is 4.79 Å². The van der Waals surface area contributed by atoms with Gasteiger partial charge in [-0.2, -0.15) is 0 Å². The van der Waals surface area contributed by atoms with E-state index in [-0.39, 0.29) is 17.4 Å². The summed E-state index contributed by atoms with van der Waals surface area (Å²) in [5, 5.41) is 0.952. The number of halogens is 1. The van der Waals surface area contributed by atoms with Gasteiger partial charge in [-0.05, 0) is 60.7 Å². The van der Waals surface area contributed by atoms with Crippen LogP contribution in [0.5, 0.6) is 0 Å². The Labute approximate surface area is 217 Å². The van der Waals surface area contributed by atoms with Crippen LogP contribution in [0.4, 0.5) is 0 Å². The molecule has 0 aliphatic heterocycles. The van der Waals surface area contributed by atoms with Crippen LogP contribution >= 0.6 is 11.6 Å². The van der Waals surface area contributed by atoms with Crippen LogP contribution in [0.25, 0.3) is 16.6 Å². The Morgan fingerprint density at radius 1 is 0.972 bits per heavy atom. The average molecular weight is 502 g/mol. The van der Waals surface area contributed by atoms with Crippen molar-refractivity contribution >= 4 is 28.4 Å². The number of benzene rings is 3. The zero-order valence-corrected chi connectivity index (χ0v) is 22.0. The molecule has 0 N–H and O–H groups in total. The summed E-state index contributed by atoms with van der Waals surface area (Å²) in [6, 6.07) is 22.0. The van der Waals surface area contributed by atoms with Gasteiger partial charge in [-0.3, -0.25) is 14.2 Å². The molecular formula is C30H32ClN3O2. The predicted octanol–water partition coefficient (Wildman–Crippen LogP) is 6.85. The number of para-hydroxylation sites is 1. The normalized spacial score (nSPS) is 12.2. The lowest BCUT2D eigenvalue weighted by atomic mass is 10.0. The molecule has 0 aliphatic carbocycles. The SMILES string of the molecule is CCc1ccc(-n2c(C(CC)N(CC(C)C)C(=O)c3ccccc3Cl)nc3ccccc3c2=O)cc1. The summed E-state index contributed by atoms with van der Waals surface area (Å²) in [6.07, 6.45) is 1.49. The van der Waals surface area contributed by atoms with E-state index in [1.807, 2.05) is 66.4 Å². The van der Waals surface area contributed by atoms with Crippen LogP contribution in [0.15, 0.2) is 77.6 Å². The molecule has 0 aliphatic rings. The Balaban J connectivity index is 1.96. The minimum Gasteiger partial charge on any atom is -0.328 e. The first-order chi connectivity index (χ1) is 17.3. The number of rotatable bonds is 8. The molecule has 1 aromatic heterocycles. The number of aryl methyl sites for hydroxylation is 1. The maximum absolute atomic E-state index is 13.9. The third-order valence-corrected chi connectivity index (χ3v) is 6.72. The van der Waals surface area contributed by atoms with Crippen LogP contribution in [0.1, 0.15) is 61.9 Å². The third kappa shape index (κ3) is 5.07. The minimum atomic E-state index is -0.431. The Bertz CT molecular complexity index is 1430. The molecule has 0 radical (unpaired) electrons. The molecule has 6 heteroatoms. The van der Waals surface area contributed by atoms with Gasteiger partial charge in [0, 0.05) is 6.54 Å². The molecule has 0 saturated carbocycles. The molecule has 0 fully saturated rings. The largest absolute Gasteiger partial charge is 0.328 e. The van der Waals surface area contributed by atoms with Crippen LogP contribution in [0, 0.1) is 5.92 Å². The number of hydrogen-bond acceptors (Lipinski definition) is 3. The summed E-state index contributed by atoms with van der Waals surface area (Å²) in [6.45, 7) is 8.76. The van der Waals surface area contributed by atoms with Gasteiger partial charge in [-0.15, -0.1) is 0 Å². The number of amides is 1. The van der Waals surface area contributed by atoms with Crippen LogP contribution in [-0.4, -0.2) is 26.9 Å². The molecule has 0 bridgehead atoms. The van der Waals surface area contributed by atoms with E-state index < -0.39 is 6.04 Å². The Morgan fingerprint density at radius 2 is 1.64 bits per heavy atom. The highest BCUT2D eigenvalue weighted by Gasteiger charge is 2.31. The highest BCUT2D eigenvalue weighted by atomic mass is 35.5. The standard InChI is InChI=1S/C30H32ClN3O2/c1-5-21-15-17-22(18-16-21)34-28(32-26-14-10-8-12-24(26)30(34)36)27(6-2)33(19-20(3)4)29(35)23-11-7-9-13-25(23)31/h7-18,20,27H,5-6,19H2,1-4H3. The lowest BCUT2D eigenvalue weighted by Gasteiger charge is -2.34. The van der Waals surface area contributed by atoms with Crippen molar-refractivity contribution in [3.8, 4) is 5.69 Å². The first-order valence-electron chi connectivity index (χ1n) is 12.5. The molecule has 0 saturated heterocycles. The fraction of sp³-hybridized carbons (Fsp3) is 0.300. The summed E-state index contributed by atoms with van der Waals surface area (Å²) in [7, 11) is 0. The number of fused-ring (bicyclic) bond motifs is 1. The van der Waals surface area contributed by atoms with E-state index in [4.69, 9.17) is 16.6 Å². The van der Waals surface area contributed by atoms with Gasteiger partial charge in [0.2, 0.25) is 0 Å². The molecule has 4 aromatic rings. The molecule has 4 rings (SSSR count). The van der Waals surface area contributed by atoms with Crippen molar-refractivity contribution in [1.29, 1.82) is 0 Å². The first-order valence-corrected chi connectivity index (χ1v) is 12.9. The summed E-state index contributed by atoms with van der Waals surface area (Å²) in [5.74, 6) is 0.581. The van der Waals surface area contributed by atoms with E-state index in [1.165, 1.54) is 5.56 Å².